The topological polar surface area (TPSA) is 78.0 Å². The lowest BCUT2D eigenvalue weighted by Crippen LogP contribution is -2.34. The van der Waals surface area contributed by atoms with Crippen LogP contribution in [0.5, 0.6) is 0 Å². The zero-order chi connectivity index (χ0) is 16.5. The van der Waals surface area contributed by atoms with E-state index < -0.39 is 35.4 Å². The molecule has 0 aliphatic rings. The van der Waals surface area contributed by atoms with Crippen molar-refractivity contribution in [2.24, 2.45) is 5.73 Å². The van der Waals surface area contributed by atoms with E-state index in [1.54, 1.807) is 0 Å². The van der Waals surface area contributed by atoms with Crippen molar-refractivity contribution in [1.29, 1.82) is 0 Å². The highest BCUT2D eigenvalue weighted by Crippen LogP contribution is 2.28. The molecular weight excluding hydrogens is 323 g/mol. The SMILES string of the molecule is NC(=O)c1ccc(C(F)(F)F)n(Cc2ccc(Cl)nc2)c1=O. The van der Waals surface area contributed by atoms with Gasteiger partial charge < -0.3 is 5.73 Å². The molecule has 116 valence electrons. The summed E-state index contributed by atoms with van der Waals surface area (Å²) in [7, 11) is 0. The van der Waals surface area contributed by atoms with Crippen LogP contribution in [0.2, 0.25) is 5.15 Å². The fourth-order valence-corrected chi connectivity index (χ4v) is 1.96. The van der Waals surface area contributed by atoms with Crippen LogP contribution in [0, 0.1) is 0 Å². The number of nitrogens with two attached hydrogens (primary N) is 1. The van der Waals surface area contributed by atoms with Gasteiger partial charge in [-0.25, -0.2) is 4.98 Å². The fraction of sp³-hybridized carbons (Fsp3) is 0.154. The van der Waals surface area contributed by atoms with Crippen LogP contribution in [0.15, 0.2) is 35.3 Å². The van der Waals surface area contributed by atoms with Crippen molar-refractivity contribution in [1.82, 2.24) is 9.55 Å². The van der Waals surface area contributed by atoms with Crippen LogP contribution < -0.4 is 11.3 Å². The second-order valence-electron chi connectivity index (χ2n) is 4.37. The van der Waals surface area contributed by atoms with Crippen molar-refractivity contribution in [3.63, 3.8) is 0 Å². The third-order valence-corrected chi connectivity index (χ3v) is 3.08. The Balaban J connectivity index is 2.60. The van der Waals surface area contributed by atoms with E-state index in [0.29, 0.717) is 16.2 Å². The Morgan fingerprint density at radius 3 is 2.45 bits per heavy atom. The number of aromatic nitrogens is 2. The molecule has 0 atom stereocenters. The van der Waals surface area contributed by atoms with E-state index in [2.05, 4.69) is 4.98 Å². The summed E-state index contributed by atoms with van der Waals surface area (Å²) in [6.07, 6.45) is -3.51. The van der Waals surface area contributed by atoms with Gasteiger partial charge in [-0.2, -0.15) is 13.2 Å². The van der Waals surface area contributed by atoms with Crippen molar-refractivity contribution in [3.8, 4) is 0 Å². The Morgan fingerprint density at radius 2 is 1.95 bits per heavy atom. The van der Waals surface area contributed by atoms with Crippen molar-refractivity contribution in [3.05, 3.63) is 62.8 Å². The zero-order valence-electron chi connectivity index (χ0n) is 10.9. The number of carbonyl (C=O) groups is 1. The van der Waals surface area contributed by atoms with E-state index in [0.717, 1.165) is 6.07 Å². The van der Waals surface area contributed by atoms with Crippen LogP contribution in [0.1, 0.15) is 21.6 Å². The van der Waals surface area contributed by atoms with Gasteiger partial charge in [-0.1, -0.05) is 17.7 Å². The van der Waals surface area contributed by atoms with Gasteiger partial charge in [0.25, 0.3) is 11.5 Å². The van der Waals surface area contributed by atoms with Crippen LogP contribution in [0.25, 0.3) is 0 Å². The van der Waals surface area contributed by atoms with Crippen LogP contribution in [-0.4, -0.2) is 15.5 Å². The Bertz CT molecular complexity index is 770. The first-order chi connectivity index (χ1) is 10.2. The second-order valence-corrected chi connectivity index (χ2v) is 4.76. The molecule has 0 aliphatic carbocycles. The van der Waals surface area contributed by atoms with Gasteiger partial charge in [0.2, 0.25) is 0 Å². The number of halogens is 4. The summed E-state index contributed by atoms with van der Waals surface area (Å²) in [5, 5.41) is 0.165. The monoisotopic (exact) mass is 331 g/mol. The fourth-order valence-electron chi connectivity index (χ4n) is 1.85. The molecule has 0 aliphatic heterocycles. The van der Waals surface area contributed by atoms with Gasteiger partial charge in [-0.15, -0.1) is 0 Å². The number of hydrogen-bond acceptors (Lipinski definition) is 3. The van der Waals surface area contributed by atoms with E-state index in [-0.39, 0.29) is 5.15 Å². The summed E-state index contributed by atoms with van der Waals surface area (Å²) in [6, 6.07) is 4.22. The minimum Gasteiger partial charge on any atom is -0.365 e. The third kappa shape index (κ3) is 3.28. The normalized spacial score (nSPS) is 11.5. The van der Waals surface area contributed by atoms with Crippen LogP contribution in [0.4, 0.5) is 13.2 Å². The second kappa shape index (κ2) is 5.80. The molecule has 2 N–H and O–H groups in total. The highest BCUT2D eigenvalue weighted by Gasteiger charge is 2.35. The minimum absolute atomic E-state index is 0.165. The molecule has 22 heavy (non-hydrogen) atoms. The quantitative estimate of drug-likeness (QED) is 0.874. The summed E-state index contributed by atoms with van der Waals surface area (Å²) in [6.45, 7) is -0.418. The molecule has 9 heteroatoms. The third-order valence-electron chi connectivity index (χ3n) is 2.86. The summed E-state index contributed by atoms with van der Waals surface area (Å²) in [4.78, 5) is 26.9. The molecular formula is C13H9ClF3N3O2. The number of carbonyl (C=O) groups excluding carboxylic acids is 1. The molecule has 2 aromatic rings. The van der Waals surface area contributed by atoms with Gasteiger partial charge in [0.05, 0.1) is 6.54 Å². The number of pyridine rings is 2. The highest BCUT2D eigenvalue weighted by molar-refractivity contribution is 6.29. The van der Waals surface area contributed by atoms with E-state index in [4.69, 9.17) is 17.3 Å². The summed E-state index contributed by atoms with van der Waals surface area (Å²) in [5.74, 6) is -1.10. The average molecular weight is 332 g/mol. The van der Waals surface area contributed by atoms with Crippen molar-refractivity contribution in [2.45, 2.75) is 12.7 Å². The maximum atomic E-state index is 13.0. The Labute approximate surface area is 127 Å². The molecule has 0 fully saturated rings. The molecule has 0 bridgehead atoms. The first-order valence-electron chi connectivity index (χ1n) is 5.91. The first kappa shape index (κ1) is 16.0. The molecule has 0 aromatic carbocycles. The van der Waals surface area contributed by atoms with E-state index >= 15 is 0 Å². The molecule has 2 rings (SSSR count). The van der Waals surface area contributed by atoms with Gasteiger partial charge in [-0.3, -0.25) is 14.2 Å². The van der Waals surface area contributed by atoms with Gasteiger partial charge >= 0.3 is 6.18 Å². The maximum absolute atomic E-state index is 13.0. The van der Waals surface area contributed by atoms with Gasteiger partial charge in [-0.05, 0) is 23.8 Å². The number of alkyl halides is 3. The smallest absolute Gasteiger partial charge is 0.365 e. The largest absolute Gasteiger partial charge is 0.431 e. The molecule has 1 amide bonds. The molecule has 5 nitrogen and oxygen atoms in total. The molecule has 0 saturated heterocycles. The average Bonchev–Trinajstić information content (AvgIpc) is 2.41. The zero-order valence-corrected chi connectivity index (χ0v) is 11.6. The number of hydrogen-bond donors (Lipinski definition) is 1. The van der Waals surface area contributed by atoms with Gasteiger partial charge in [0, 0.05) is 6.20 Å². The molecule has 2 heterocycles. The maximum Gasteiger partial charge on any atom is 0.431 e. The van der Waals surface area contributed by atoms with Gasteiger partial charge in [0.1, 0.15) is 16.4 Å². The summed E-state index contributed by atoms with van der Waals surface area (Å²) >= 11 is 5.60. The standard InChI is InChI=1S/C13H9ClF3N3O2/c14-10-4-1-7(5-19-10)6-20-9(13(15,16)17)3-2-8(11(18)21)12(20)22/h1-5H,6H2,(H2,18,21). The van der Waals surface area contributed by atoms with E-state index in [1.165, 1.54) is 18.3 Å². The molecule has 0 saturated carbocycles. The van der Waals surface area contributed by atoms with Crippen molar-refractivity contribution in [2.75, 3.05) is 0 Å². The van der Waals surface area contributed by atoms with Crippen LogP contribution in [0.3, 0.4) is 0 Å². The van der Waals surface area contributed by atoms with Gasteiger partial charge in [0.15, 0.2) is 0 Å². The van der Waals surface area contributed by atoms with Crippen LogP contribution >= 0.6 is 11.6 Å². The molecule has 0 radical (unpaired) electrons. The number of rotatable bonds is 3. The Hall–Kier alpha value is -2.35. The number of nitrogens with zero attached hydrogens (tertiary/aromatic N) is 2. The summed E-state index contributed by atoms with van der Waals surface area (Å²) in [5.41, 5.74) is 2.50. The highest BCUT2D eigenvalue weighted by atomic mass is 35.5. The number of primary amides is 1. The molecule has 2 aromatic heterocycles. The Morgan fingerprint density at radius 1 is 1.27 bits per heavy atom. The number of amides is 1. The predicted octanol–water partition coefficient (Wildman–Crippen LogP) is 2.06. The summed E-state index contributed by atoms with van der Waals surface area (Å²) < 4.78 is 39.5. The van der Waals surface area contributed by atoms with E-state index in [9.17, 15) is 22.8 Å². The van der Waals surface area contributed by atoms with E-state index in [1.807, 2.05) is 0 Å². The molecule has 0 spiro atoms. The lowest BCUT2D eigenvalue weighted by atomic mass is 10.2. The van der Waals surface area contributed by atoms with Crippen LogP contribution in [-0.2, 0) is 12.7 Å². The minimum atomic E-state index is -4.75. The first-order valence-corrected chi connectivity index (χ1v) is 6.29. The van der Waals surface area contributed by atoms with Crippen molar-refractivity contribution >= 4 is 17.5 Å². The van der Waals surface area contributed by atoms with Crippen molar-refractivity contribution < 1.29 is 18.0 Å². The lowest BCUT2D eigenvalue weighted by Gasteiger charge is -2.16. The Kier molecular flexibility index (Phi) is 4.23. The molecule has 0 unspecified atom stereocenters. The predicted molar refractivity (Wildman–Crippen MR) is 72.6 cm³/mol. The lowest BCUT2D eigenvalue weighted by molar-refractivity contribution is -0.144.